The number of aromatic nitrogens is 1. The molecule has 1 heterocycles. The van der Waals surface area contributed by atoms with Crippen molar-refractivity contribution in [2.75, 3.05) is 4.72 Å². The van der Waals surface area contributed by atoms with E-state index in [-0.39, 0.29) is 19.8 Å². The summed E-state index contributed by atoms with van der Waals surface area (Å²) in [6.45, 7) is 1.66. The van der Waals surface area contributed by atoms with Gasteiger partial charge in [-0.2, -0.15) is 0 Å². The number of benzene rings is 1. The van der Waals surface area contributed by atoms with E-state index in [1.165, 1.54) is 18.3 Å². The third-order valence-electron chi connectivity index (χ3n) is 2.38. The van der Waals surface area contributed by atoms with Gasteiger partial charge in [0.15, 0.2) is 4.21 Å². The van der Waals surface area contributed by atoms with Crippen LogP contribution < -0.4 is 9.86 Å². The first-order chi connectivity index (χ1) is 9.59. The first-order valence-electron chi connectivity index (χ1n) is 5.37. The highest BCUT2D eigenvalue weighted by molar-refractivity contribution is 7.94. The summed E-state index contributed by atoms with van der Waals surface area (Å²) >= 11 is 6.85. The van der Waals surface area contributed by atoms with Crippen molar-refractivity contribution in [3.05, 3.63) is 34.4 Å². The van der Waals surface area contributed by atoms with E-state index in [0.717, 1.165) is 17.4 Å². The van der Waals surface area contributed by atoms with Gasteiger partial charge in [-0.1, -0.05) is 11.6 Å². The lowest BCUT2D eigenvalue weighted by Gasteiger charge is -2.09. The van der Waals surface area contributed by atoms with Crippen molar-refractivity contribution in [3.63, 3.8) is 0 Å². The Bertz CT molecular complexity index is 890. The Balaban J connectivity index is 2.44. The minimum atomic E-state index is -3.96. The highest BCUT2D eigenvalue weighted by Gasteiger charge is 2.20. The fourth-order valence-corrected chi connectivity index (χ4v) is 4.36. The van der Waals surface area contributed by atoms with Gasteiger partial charge in [0.1, 0.15) is 0 Å². The third kappa shape index (κ3) is 3.71. The van der Waals surface area contributed by atoms with E-state index in [9.17, 15) is 16.8 Å². The number of halogens is 1. The van der Waals surface area contributed by atoms with Crippen molar-refractivity contribution in [2.45, 2.75) is 16.0 Å². The Morgan fingerprint density at radius 2 is 1.95 bits per heavy atom. The molecule has 0 aliphatic rings. The molecule has 2 rings (SSSR count). The molecule has 0 amide bonds. The Morgan fingerprint density at radius 3 is 2.48 bits per heavy atom. The summed E-state index contributed by atoms with van der Waals surface area (Å²) in [5, 5.41) is 5.63. The summed E-state index contributed by atoms with van der Waals surface area (Å²) < 4.78 is 49.1. The van der Waals surface area contributed by atoms with E-state index in [1.54, 1.807) is 6.92 Å². The number of nitrogens with zero attached hydrogens (tertiary/aromatic N) is 1. The average molecular weight is 368 g/mol. The van der Waals surface area contributed by atoms with Crippen LogP contribution in [0, 0.1) is 6.92 Å². The average Bonchev–Trinajstić information content (AvgIpc) is 2.78. The first kappa shape index (κ1) is 16.2. The number of primary sulfonamides is 1. The van der Waals surface area contributed by atoms with Crippen LogP contribution in [0.1, 0.15) is 5.01 Å². The number of hydrogen-bond acceptors (Lipinski definition) is 6. The van der Waals surface area contributed by atoms with Crippen LogP contribution in [0.3, 0.4) is 0 Å². The van der Waals surface area contributed by atoms with Crippen molar-refractivity contribution in [3.8, 4) is 0 Å². The third-order valence-corrected chi connectivity index (χ3v) is 6.36. The highest BCUT2D eigenvalue weighted by Crippen LogP contribution is 2.28. The molecular weight excluding hydrogens is 358 g/mol. The number of aryl methyl sites for hydroxylation is 1. The van der Waals surface area contributed by atoms with Crippen LogP contribution in [0.4, 0.5) is 5.69 Å². The molecule has 0 spiro atoms. The Labute approximate surface area is 130 Å². The lowest BCUT2D eigenvalue weighted by Crippen LogP contribution is -2.15. The quantitative estimate of drug-likeness (QED) is 0.849. The summed E-state index contributed by atoms with van der Waals surface area (Å²) in [7, 11) is -7.85. The maximum absolute atomic E-state index is 12.1. The van der Waals surface area contributed by atoms with Crippen molar-refractivity contribution >= 4 is 48.7 Å². The standard InChI is InChI=1S/C10H10ClN3O4S3/c1-6-13-5-10(19-6)21(17,18)14-9-4-7(20(12,15)16)2-3-8(9)11/h2-5,14H,1H3,(H2,12,15,16). The van der Waals surface area contributed by atoms with Crippen molar-refractivity contribution < 1.29 is 16.8 Å². The summed E-state index contributed by atoms with van der Waals surface area (Å²) in [6, 6.07) is 3.49. The zero-order valence-corrected chi connectivity index (χ0v) is 13.8. The van der Waals surface area contributed by atoms with Gasteiger partial charge in [-0.05, 0) is 25.1 Å². The van der Waals surface area contributed by atoms with Crippen LogP contribution in [-0.4, -0.2) is 21.8 Å². The molecular formula is C10H10ClN3O4S3. The molecule has 21 heavy (non-hydrogen) atoms. The topological polar surface area (TPSA) is 119 Å². The molecule has 114 valence electrons. The van der Waals surface area contributed by atoms with Crippen LogP contribution in [0.5, 0.6) is 0 Å². The largest absolute Gasteiger partial charge is 0.277 e. The molecule has 0 saturated heterocycles. The minimum absolute atomic E-state index is 0.00271. The second-order valence-electron chi connectivity index (χ2n) is 3.99. The van der Waals surface area contributed by atoms with Crippen molar-refractivity contribution in [1.82, 2.24) is 4.98 Å². The number of thiazole rings is 1. The number of sulfonamides is 2. The Kier molecular flexibility index (Phi) is 4.26. The second kappa shape index (κ2) is 5.54. The molecule has 3 N–H and O–H groups in total. The number of anilines is 1. The Hall–Kier alpha value is -1.20. The van der Waals surface area contributed by atoms with E-state index in [2.05, 4.69) is 9.71 Å². The van der Waals surface area contributed by atoms with Gasteiger partial charge in [0.25, 0.3) is 10.0 Å². The van der Waals surface area contributed by atoms with E-state index in [0.29, 0.717) is 5.01 Å². The smallest absolute Gasteiger partial charge is 0.273 e. The number of hydrogen-bond donors (Lipinski definition) is 2. The van der Waals surface area contributed by atoms with Crippen LogP contribution in [0.2, 0.25) is 5.02 Å². The summed E-state index contributed by atoms with van der Waals surface area (Å²) in [5.74, 6) is 0. The van der Waals surface area contributed by atoms with Gasteiger partial charge in [-0.3, -0.25) is 4.72 Å². The maximum Gasteiger partial charge on any atom is 0.273 e. The first-order valence-corrected chi connectivity index (χ1v) is 9.59. The van der Waals surface area contributed by atoms with Gasteiger partial charge in [0.05, 0.1) is 26.8 Å². The van der Waals surface area contributed by atoms with Crippen LogP contribution in [0.25, 0.3) is 0 Å². The molecule has 0 unspecified atom stereocenters. The number of rotatable bonds is 4. The second-order valence-corrected chi connectivity index (χ2v) is 9.10. The van der Waals surface area contributed by atoms with E-state index < -0.39 is 20.0 Å². The van der Waals surface area contributed by atoms with Crippen LogP contribution >= 0.6 is 22.9 Å². The molecule has 1 aromatic heterocycles. The molecule has 1 aromatic carbocycles. The van der Waals surface area contributed by atoms with E-state index in [4.69, 9.17) is 16.7 Å². The van der Waals surface area contributed by atoms with Gasteiger partial charge >= 0.3 is 0 Å². The van der Waals surface area contributed by atoms with E-state index in [1.807, 2.05) is 0 Å². The van der Waals surface area contributed by atoms with Crippen molar-refractivity contribution in [1.29, 1.82) is 0 Å². The van der Waals surface area contributed by atoms with Gasteiger partial charge in [-0.15, -0.1) is 11.3 Å². The molecule has 11 heteroatoms. The van der Waals surface area contributed by atoms with E-state index >= 15 is 0 Å². The summed E-state index contributed by atoms with van der Waals surface area (Å²) in [5.41, 5.74) is -0.0748. The normalized spacial score (nSPS) is 12.3. The molecule has 0 aliphatic heterocycles. The zero-order valence-electron chi connectivity index (χ0n) is 10.6. The monoisotopic (exact) mass is 367 g/mol. The van der Waals surface area contributed by atoms with Crippen LogP contribution in [0.15, 0.2) is 33.5 Å². The molecule has 0 atom stereocenters. The minimum Gasteiger partial charge on any atom is -0.277 e. The molecule has 0 fully saturated rings. The molecule has 0 aliphatic carbocycles. The van der Waals surface area contributed by atoms with Gasteiger partial charge in [-0.25, -0.2) is 27.0 Å². The number of nitrogens with two attached hydrogens (primary N) is 1. The Morgan fingerprint density at radius 1 is 1.29 bits per heavy atom. The number of nitrogens with one attached hydrogen (secondary N) is 1. The van der Waals surface area contributed by atoms with Gasteiger partial charge in [0.2, 0.25) is 10.0 Å². The summed E-state index contributed by atoms with van der Waals surface area (Å²) in [6.07, 6.45) is 1.21. The molecule has 0 saturated carbocycles. The lowest BCUT2D eigenvalue weighted by atomic mass is 10.3. The predicted octanol–water partition coefficient (Wildman–Crippen LogP) is 1.55. The lowest BCUT2D eigenvalue weighted by molar-refractivity contribution is 0.596. The van der Waals surface area contributed by atoms with Crippen LogP contribution in [-0.2, 0) is 20.0 Å². The van der Waals surface area contributed by atoms with Gasteiger partial charge < -0.3 is 0 Å². The molecule has 2 aromatic rings. The zero-order chi connectivity index (χ0) is 15.8. The summed E-state index contributed by atoms with van der Waals surface area (Å²) in [4.78, 5) is 3.61. The van der Waals surface area contributed by atoms with Gasteiger partial charge in [0, 0.05) is 0 Å². The van der Waals surface area contributed by atoms with Crippen molar-refractivity contribution in [2.24, 2.45) is 5.14 Å². The predicted molar refractivity (Wildman–Crippen MR) is 80.5 cm³/mol. The SMILES string of the molecule is Cc1ncc(S(=O)(=O)Nc2cc(S(N)(=O)=O)ccc2Cl)s1. The fraction of sp³-hybridized carbons (Fsp3) is 0.100. The highest BCUT2D eigenvalue weighted by atomic mass is 35.5. The fourth-order valence-electron chi connectivity index (χ4n) is 1.42. The molecule has 0 bridgehead atoms. The molecule has 7 nitrogen and oxygen atoms in total. The molecule has 0 radical (unpaired) electrons. The maximum atomic E-state index is 12.1.